The van der Waals surface area contributed by atoms with Crippen LogP contribution in [0.25, 0.3) is 0 Å². The highest BCUT2D eigenvalue weighted by Gasteiger charge is 2.22. The van der Waals surface area contributed by atoms with Crippen LogP contribution in [0.4, 0.5) is 0 Å². The van der Waals surface area contributed by atoms with Crippen LogP contribution in [0.3, 0.4) is 0 Å². The van der Waals surface area contributed by atoms with Gasteiger partial charge in [-0.05, 0) is 25.9 Å². The van der Waals surface area contributed by atoms with Crippen molar-refractivity contribution in [2.75, 3.05) is 13.1 Å². The minimum atomic E-state index is -0.385. The van der Waals surface area contributed by atoms with Gasteiger partial charge in [-0.25, -0.2) is 4.79 Å². The third kappa shape index (κ3) is 2.47. The molecule has 0 aliphatic carbocycles. The molecule has 84 valence electrons. The maximum atomic E-state index is 10.8. The summed E-state index contributed by atoms with van der Waals surface area (Å²) in [7, 11) is 0. The van der Waals surface area contributed by atoms with Crippen molar-refractivity contribution in [2.45, 2.75) is 38.6 Å². The highest BCUT2D eigenvalue weighted by molar-refractivity contribution is 4.86. The van der Waals surface area contributed by atoms with Gasteiger partial charge in [0.2, 0.25) is 5.89 Å². The molecule has 1 aromatic rings. The van der Waals surface area contributed by atoms with Gasteiger partial charge >= 0.3 is 5.69 Å². The number of piperidine rings is 1. The second-order valence-corrected chi connectivity index (χ2v) is 4.00. The number of likely N-dealkylation sites (N-methyl/N-ethyl adjacent to an activating group) is 1. The first kappa shape index (κ1) is 10.4. The number of rotatable bonds is 3. The van der Waals surface area contributed by atoms with Crippen molar-refractivity contribution in [3.05, 3.63) is 16.4 Å². The van der Waals surface area contributed by atoms with Crippen LogP contribution in [0, 0.1) is 0 Å². The van der Waals surface area contributed by atoms with Gasteiger partial charge in [-0.1, -0.05) is 13.3 Å². The van der Waals surface area contributed by atoms with Gasteiger partial charge in [0.05, 0.1) is 0 Å². The lowest BCUT2D eigenvalue weighted by Gasteiger charge is -2.33. The summed E-state index contributed by atoms with van der Waals surface area (Å²) in [5.74, 6) is 0.533. The molecule has 1 aliphatic heterocycles. The van der Waals surface area contributed by atoms with Gasteiger partial charge in [-0.15, -0.1) is 0 Å². The van der Waals surface area contributed by atoms with Crippen LogP contribution in [0.15, 0.2) is 9.32 Å². The number of H-pyrrole nitrogens is 1. The average Bonchev–Trinajstić information content (AvgIpc) is 2.65. The summed E-state index contributed by atoms with van der Waals surface area (Å²) in [5, 5.41) is 2.23. The summed E-state index contributed by atoms with van der Waals surface area (Å²) in [5.41, 5.74) is -0.385. The molecule has 1 saturated heterocycles. The molecule has 5 heteroatoms. The molecule has 1 N–H and O–H groups in total. The molecule has 15 heavy (non-hydrogen) atoms. The highest BCUT2D eigenvalue weighted by Crippen LogP contribution is 2.19. The molecular formula is C10H17N3O2. The summed E-state index contributed by atoms with van der Waals surface area (Å²) in [6, 6.07) is 0.482. The second kappa shape index (κ2) is 4.61. The van der Waals surface area contributed by atoms with Crippen LogP contribution in [-0.2, 0) is 6.42 Å². The Morgan fingerprint density at radius 2 is 2.47 bits per heavy atom. The van der Waals surface area contributed by atoms with Crippen molar-refractivity contribution >= 4 is 0 Å². The zero-order valence-corrected chi connectivity index (χ0v) is 9.03. The van der Waals surface area contributed by atoms with E-state index in [4.69, 9.17) is 4.52 Å². The van der Waals surface area contributed by atoms with Crippen molar-refractivity contribution in [1.29, 1.82) is 0 Å². The molecular weight excluding hydrogens is 194 g/mol. The van der Waals surface area contributed by atoms with E-state index < -0.39 is 0 Å². The number of nitrogens with one attached hydrogen (secondary N) is 1. The topological polar surface area (TPSA) is 62.1 Å². The van der Waals surface area contributed by atoms with E-state index in [-0.39, 0.29) is 5.69 Å². The zero-order chi connectivity index (χ0) is 10.7. The number of aromatic amines is 1. The molecule has 0 saturated carbocycles. The maximum Gasteiger partial charge on any atom is 0.377 e. The molecule has 0 aromatic carbocycles. The Labute approximate surface area is 88.5 Å². The van der Waals surface area contributed by atoms with Crippen molar-refractivity contribution in [3.8, 4) is 0 Å². The highest BCUT2D eigenvalue weighted by atomic mass is 16.5. The van der Waals surface area contributed by atoms with Gasteiger partial charge in [0, 0.05) is 12.5 Å². The number of nitrogens with zero attached hydrogens (tertiary/aromatic N) is 2. The van der Waals surface area contributed by atoms with E-state index in [1.807, 2.05) is 0 Å². The third-order valence-electron chi connectivity index (χ3n) is 3.05. The lowest BCUT2D eigenvalue weighted by Crippen LogP contribution is -2.40. The molecule has 5 nitrogen and oxygen atoms in total. The first-order valence-corrected chi connectivity index (χ1v) is 5.58. The van der Waals surface area contributed by atoms with Gasteiger partial charge in [-0.3, -0.25) is 0 Å². The minimum absolute atomic E-state index is 0.385. The Bertz CT molecular complexity index is 358. The second-order valence-electron chi connectivity index (χ2n) is 4.00. The fourth-order valence-corrected chi connectivity index (χ4v) is 2.26. The normalized spacial score (nSPS) is 23.1. The van der Waals surface area contributed by atoms with E-state index in [0.717, 1.165) is 19.5 Å². The van der Waals surface area contributed by atoms with Crippen LogP contribution < -0.4 is 5.69 Å². The molecule has 1 fully saturated rings. The molecule has 2 heterocycles. The smallest absolute Gasteiger partial charge is 0.362 e. The Kier molecular flexibility index (Phi) is 3.20. The number of likely N-dealkylation sites (tertiary alicyclic amines) is 1. The predicted octanol–water partition coefficient (Wildman–Crippen LogP) is 0.780. The van der Waals surface area contributed by atoms with Crippen LogP contribution >= 0.6 is 0 Å². The molecule has 1 aliphatic rings. The molecule has 1 aromatic heterocycles. The van der Waals surface area contributed by atoms with Crippen LogP contribution in [0.2, 0.25) is 0 Å². The van der Waals surface area contributed by atoms with Gasteiger partial charge < -0.3 is 9.42 Å². The van der Waals surface area contributed by atoms with Crippen LogP contribution in [-0.4, -0.2) is 34.2 Å². The SMILES string of the molecule is CCN1CCCCC1Cc1nc(=O)[nH]o1. The van der Waals surface area contributed by atoms with E-state index in [1.54, 1.807) is 0 Å². The summed E-state index contributed by atoms with van der Waals surface area (Å²) < 4.78 is 4.98. The minimum Gasteiger partial charge on any atom is -0.362 e. The summed E-state index contributed by atoms with van der Waals surface area (Å²) in [6.45, 7) is 4.37. The molecule has 1 atom stereocenters. The molecule has 1 unspecified atom stereocenters. The quantitative estimate of drug-likeness (QED) is 0.802. The van der Waals surface area contributed by atoms with E-state index in [9.17, 15) is 4.79 Å². The Hall–Kier alpha value is -1.10. The van der Waals surface area contributed by atoms with Gasteiger partial charge in [-0.2, -0.15) is 10.1 Å². The lowest BCUT2D eigenvalue weighted by molar-refractivity contribution is 0.146. The number of aromatic nitrogens is 2. The van der Waals surface area contributed by atoms with Crippen molar-refractivity contribution in [1.82, 2.24) is 15.0 Å². The van der Waals surface area contributed by atoms with E-state index in [1.165, 1.54) is 19.3 Å². The monoisotopic (exact) mass is 211 g/mol. The summed E-state index contributed by atoms with van der Waals surface area (Å²) >= 11 is 0. The summed E-state index contributed by atoms with van der Waals surface area (Å²) in [6.07, 6.45) is 4.45. The number of hydrogen-bond donors (Lipinski definition) is 1. The largest absolute Gasteiger partial charge is 0.377 e. The van der Waals surface area contributed by atoms with Crippen molar-refractivity contribution in [2.24, 2.45) is 0 Å². The lowest BCUT2D eigenvalue weighted by atomic mass is 9.99. The van der Waals surface area contributed by atoms with Crippen LogP contribution in [0.1, 0.15) is 32.1 Å². The van der Waals surface area contributed by atoms with E-state index in [0.29, 0.717) is 11.9 Å². The van der Waals surface area contributed by atoms with Gasteiger partial charge in [0.1, 0.15) is 0 Å². The van der Waals surface area contributed by atoms with Crippen molar-refractivity contribution in [3.63, 3.8) is 0 Å². The van der Waals surface area contributed by atoms with Crippen molar-refractivity contribution < 1.29 is 4.52 Å². The standard InChI is InChI=1S/C10H17N3O2/c1-2-13-6-4-3-5-8(13)7-9-11-10(14)12-15-9/h8H,2-7H2,1H3,(H,12,14). The fourth-order valence-electron chi connectivity index (χ4n) is 2.26. The summed E-state index contributed by atoms with van der Waals surface area (Å²) in [4.78, 5) is 17.0. The molecule has 0 spiro atoms. The first-order valence-electron chi connectivity index (χ1n) is 5.58. The Balaban J connectivity index is 2.00. The van der Waals surface area contributed by atoms with Gasteiger partial charge in [0.25, 0.3) is 0 Å². The first-order chi connectivity index (χ1) is 7.29. The fraction of sp³-hybridized carbons (Fsp3) is 0.800. The van der Waals surface area contributed by atoms with Crippen LogP contribution in [0.5, 0.6) is 0 Å². The zero-order valence-electron chi connectivity index (χ0n) is 9.03. The number of hydrogen-bond acceptors (Lipinski definition) is 4. The van der Waals surface area contributed by atoms with E-state index in [2.05, 4.69) is 22.0 Å². The Morgan fingerprint density at radius 1 is 1.60 bits per heavy atom. The van der Waals surface area contributed by atoms with Gasteiger partial charge in [0.15, 0.2) is 0 Å². The Morgan fingerprint density at radius 3 is 3.13 bits per heavy atom. The third-order valence-corrected chi connectivity index (χ3v) is 3.05. The molecule has 0 amide bonds. The average molecular weight is 211 g/mol. The molecule has 0 bridgehead atoms. The van der Waals surface area contributed by atoms with E-state index >= 15 is 0 Å². The molecule has 0 radical (unpaired) electrons. The maximum absolute atomic E-state index is 10.8. The predicted molar refractivity (Wildman–Crippen MR) is 55.7 cm³/mol. The molecule has 2 rings (SSSR count).